The lowest BCUT2D eigenvalue weighted by Gasteiger charge is -2.26. The Hall–Kier alpha value is -4.59. The molecule has 5 rings (SSSR count). The van der Waals surface area contributed by atoms with Gasteiger partial charge in [-0.15, -0.1) is 0 Å². The van der Waals surface area contributed by atoms with Gasteiger partial charge in [0.15, 0.2) is 16.9 Å². The van der Waals surface area contributed by atoms with E-state index in [4.69, 9.17) is 18.6 Å². The molecule has 0 saturated heterocycles. The summed E-state index contributed by atoms with van der Waals surface area (Å²) in [6, 6.07) is 15.1. The number of hydrogen-bond donors (Lipinski definition) is 0. The molecule has 7 nitrogen and oxygen atoms in total. The van der Waals surface area contributed by atoms with E-state index in [1.807, 2.05) is 13.8 Å². The van der Waals surface area contributed by atoms with Gasteiger partial charge in [-0.3, -0.25) is 14.5 Å². The monoisotopic (exact) mass is 515 g/mol. The molecule has 1 aliphatic rings. The van der Waals surface area contributed by atoms with Gasteiger partial charge in [-0.2, -0.15) is 0 Å². The van der Waals surface area contributed by atoms with E-state index in [9.17, 15) is 14.0 Å². The predicted molar refractivity (Wildman–Crippen MR) is 142 cm³/mol. The first-order valence-electron chi connectivity index (χ1n) is 12.3. The van der Waals surface area contributed by atoms with E-state index in [2.05, 4.69) is 6.58 Å². The largest absolute Gasteiger partial charge is 0.494 e. The zero-order valence-corrected chi connectivity index (χ0v) is 21.0. The summed E-state index contributed by atoms with van der Waals surface area (Å²) in [6.07, 6.45) is 1.62. The van der Waals surface area contributed by atoms with Crippen LogP contribution in [-0.4, -0.2) is 25.7 Å². The number of benzene rings is 3. The smallest absolute Gasteiger partial charge is 0.295 e. The number of carbonyl (C=O) groups is 1. The number of rotatable bonds is 9. The van der Waals surface area contributed by atoms with Gasteiger partial charge in [-0.05, 0) is 74.0 Å². The van der Waals surface area contributed by atoms with Gasteiger partial charge in [0.1, 0.15) is 23.8 Å². The van der Waals surface area contributed by atoms with Crippen molar-refractivity contribution in [1.82, 2.24) is 0 Å². The average molecular weight is 516 g/mol. The van der Waals surface area contributed by atoms with Gasteiger partial charge in [0, 0.05) is 5.69 Å². The Bertz CT molecular complexity index is 1580. The van der Waals surface area contributed by atoms with Crippen LogP contribution >= 0.6 is 0 Å². The van der Waals surface area contributed by atoms with Crippen molar-refractivity contribution in [3.05, 3.63) is 106 Å². The van der Waals surface area contributed by atoms with Crippen LogP contribution in [0.25, 0.3) is 11.0 Å². The first kappa shape index (κ1) is 25.1. The number of fused-ring (bicyclic) bond motifs is 2. The lowest BCUT2D eigenvalue weighted by molar-refractivity contribution is 0.0971. The highest BCUT2D eigenvalue weighted by Gasteiger charge is 2.44. The van der Waals surface area contributed by atoms with Crippen LogP contribution in [0.2, 0.25) is 0 Å². The summed E-state index contributed by atoms with van der Waals surface area (Å²) in [7, 11) is 0. The van der Waals surface area contributed by atoms with Gasteiger partial charge in [-0.25, -0.2) is 4.39 Å². The molecule has 0 spiro atoms. The number of halogens is 1. The van der Waals surface area contributed by atoms with E-state index in [-0.39, 0.29) is 28.9 Å². The molecule has 1 aromatic heterocycles. The van der Waals surface area contributed by atoms with Gasteiger partial charge < -0.3 is 18.6 Å². The van der Waals surface area contributed by atoms with Crippen molar-refractivity contribution in [2.45, 2.75) is 19.9 Å². The highest BCUT2D eigenvalue weighted by atomic mass is 19.1. The number of amides is 1. The van der Waals surface area contributed by atoms with E-state index in [0.717, 1.165) is 6.07 Å². The third-order valence-corrected chi connectivity index (χ3v) is 6.20. The van der Waals surface area contributed by atoms with Crippen LogP contribution in [0, 0.1) is 5.82 Å². The van der Waals surface area contributed by atoms with Gasteiger partial charge >= 0.3 is 0 Å². The van der Waals surface area contributed by atoms with Crippen LogP contribution < -0.4 is 24.5 Å². The highest BCUT2D eigenvalue weighted by molar-refractivity contribution is 6.10. The van der Waals surface area contributed by atoms with Crippen molar-refractivity contribution in [3.63, 3.8) is 0 Å². The minimum atomic E-state index is -0.855. The second-order valence-corrected chi connectivity index (χ2v) is 8.56. The van der Waals surface area contributed by atoms with Crippen molar-refractivity contribution in [3.8, 4) is 17.2 Å². The maximum atomic E-state index is 14.1. The Balaban J connectivity index is 1.72. The quantitative estimate of drug-likeness (QED) is 0.253. The molecule has 3 aromatic carbocycles. The van der Waals surface area contributed by atoms with Crippen LogP contribution in [0.1, 0.15) is 41.6 Å². The van der Waals surface area contributed by atoms with Crippen molar-refractivity contribution < 1.29 is 27.8 Å². The molecule has 0 N–H and O–H groups in total. The van der Waals surface area contributed by atoms with Crippen molar-refractivity contribution >= 4 is 22.6 Å². The zero-order chi connectivity index (χ0) is 26.8. The van der Waals surface area contributed by atoms with Gasteiger partial charge in [0.2, 0.25) is 5.76 Å². The van der Waals surface area contributed by atoms with E-state index < -0.39 is 23.2 Å². The maximum Gasteiger partial charge on any atom is 0.295 e. The van der Waals surface area contributed by atoms with Crippen LogP contribution in [0.15, 0.2) is 82.5 Å². The minimum absolute atomic E-state index is 0.0612. The fourth-order valence-electron chi connectivity index (χ4n) is 4.63. The first-order valence-corrected chi connectivity index (χ1v) is 12.3. The summed E-state index contributed by atoms with van der Waals surface area (Å²) in [4.78, 5) is 29.0. The Morgan fingerprint density at radius 1 is 0.947 bits per heavy atom. The molecule has 4 aromatic rings. The molecule has 1 amide bonds. The van der Waals surface area contributed by atoms with Gasteiger partial charge in [0.25, 0.3) is 5.91 Å². The number of carbonyl (C=O) groups excluding carboxylic acids is 1. The summed E-state index contributed by atoms with van der Waals surface area (Å²) < 4.78 is 37.1. The topological polar surface area (TPSA) is 78.2 Å². The second-order valence-electron chi connectivity index (χ2n) is 8.56. The molecule has 0 saturated carbocycles. The number of nitrogens with zero attached hydrogens (tertiary/aromatic N) is 1. The van der Waals surface area contributed by atoms with E-state index in [1.54, 1.807) is 48.5 Å². The van der Waals surface area contributed by atoms with Crippen LogP contribution in [0.5, 0.6) is 17.2 Å². The number of hydrogen-bond acceptors (Lipinski definition) is 6. The van der Waals surface area contributed by atoms with Crippen LogP contribution in [-0.2, 0) is 0 Å². The maximum absolute atomic E-state index is 14.1. The van der Waals surface area contributed by atoms with Gasteiger partial charge in [-0.1, -0.05) is 18.7 Å². The molecule has 0 fully saturated rings. The highest BCUT2D eigenvalue weighted by Crippen LogP contribution is 2.43. The minimum Gasteiger partial charge on any atom is -0.494 e. The molecule has 1 atom stereocenters. The lowest BCUT2D eigenvalue weighted by Crippen LogP contribution is -2.29. The van der Waals surface area contributed by atoms with Crippen molar-refractivity contribution in [2.75, 3.05) is 24.7 Å². The van der Waals surface area contributed by atoms with Crippen LogP contribution in [0.3, 0.4) is 0 Å². The fourth-order valence-corrected chi connectivity index (χ4v) is 4.63. The molecule has 0 radical (unpaired) electrons. The van der Waals surface area contributed by atoms with Crippen molar-refractivity contribution in [2.24, 2.45) is 0 Å². The molecule has 2 heterocycles. The third-order valence-electron chi connectivity index (χ3n) is 6.20. The van der Waals surface area contributed by atoms with Crippen molar-refractivity contribution in [1.29, 1.82) is 0 Å². The SMILES string of the molecule is C=CCOc1ccc(C2c3c(oc4ccc(F)cc4c3=O)C(=O)N2c2ccc(OCC)cc2)cc1OCC. The molecular weight excluding hydrogens is 489 g/mol. The molecule has 8 heteroatoms. The Morgan fingerprint density at radius 2 is 1.71 bits per heavy atom. The molecule has 0 bridgehead atoms. The lowest BCUT2D eigenvalue weighted by atomic mass is 9.97. The molecule has 194 valence electrons. The summed E-state index contributed by atoms with van der Waals surface area (Å²) in [5.41, 5.74) is 0.929. The number of ether oxygens (including phenoxy) is 3. The van der Waals surface area contributed by atoms with Gasteiger partial charge in [0.05, 0.1) is 30.2 Å². The van der Waals surface area contributed by atoms with Crippen LogP contribution in [0.4, 0.5) is 10.1 Å². The Labute approximate surface area is 218 Å². The van der Waals surface area contributed by atoms with E-state index in [0.29, 0.717) is 41.7 Å². The molecule has 38 heavy (non-hydrogen) atoms. The van der Waals surface area contributed by atoms with E-state index >= 15 is 0 Å². The summed E-state index contributed by atoms with van der Waals surface area (Å²) in [5.74, 6) is 0.460. The molecule has 1 aliphatic heterocycles. The summed E-state index contributed by atoms with van der Waals surface area (Å²) in [6.45, 7) is 8.56. The van der Waals surface area contributed by atoms with E-state index in [1.165, 1.54) is 17.0 Å². The average Bonchev–Trinajstić information content (AvgIpc) is 3.21. The number of anilines is 1. The summed E-state index contributed by atoms with van der Waals surface area (Å²) in [5, 5.41) is 0.0612. The first-order chi connectivity index (χ1) is 18.5. The predicted octanol–water partition coefficient (Wildman–Crippen LogP) is 6.04. The standard InChI is InChI=1S/C30H26FNO6/c1-4-15-37-24-13-7-18(16-25(24)36-6-3)27-26-28(33)22-17-19(31)8-14-23(22)38-29(26)30(34)32(27)20-9-11-21(12-10-20)35-5-2/h4,7-14,16-17,27H,1,5-6,15H2,2-3H3. The zero-order valence-electron chi connectivity index (χ0n) is 21.0. The summed E-state index contributed by atoms with van der Waals surface area (Å²) >= 11 is 0. The fraction of sp³-hybridized carbons (Fsp3) is 0.200. The molecular formula is C30H26FNO6. The normalized spacial score (nSPS) is 14.4. The molecule has 1 unspecified atom stereocenters. The second kappa shape index (κ2) is 10.4. The Morgan fingerprint density at radius 3 is 2.42 bits per heavy atom. The Kier molecular flexibility index (Phi) is 6.87. The third kappa shape index (κ3) is 4.38. The molecule has 0 aliphatic carbocycles.